The summed E-state index contributed by atoms with van der Waals surface area (Å²) in [4.78, 5) is 11.6. The van der Waals surface area contributed by atoms with E-state index in [1.165, 1.54) is 12.8 Å². The van der Waals surface area contributed by atoms with Crippen molar-refractivity contribution in [2.75, 3.05) is 13.2 Å². The second-order valence-corrected chi connectivity index (χ2v) is 4.24. The van der Waals surface area contributed by atoms with Crippen molar-refractivity contribution in [3.63, 3.8) is 0 Å². The Balaban J connectivity index is 2.18. The van der Waals surface area contributed by atoms with Gasteiger partial charge in [-0.2, -0.15) is 0 Å². The fourth-order valence-electron chi connectivity index (χ4n) is 2.85. The van der Waals surface area contributed by atoms with E-state index in [0.29, 0.717) is 6.42 Å². The molecule has 2 fully saturated rings. The van der Waals surface area contributed by atoms with Crippen LogP contribution >= 0.6 is 0 Å². The normalized spacial score (nSPS) is 32.7. The van der Waals surface area contributed by atoms with Gasteiger partial charge in [-0.05, 0) is 12.8 Å². The van der Waals surface area contributed by atoms with Gasteiger partial charge >= 0.3 is 0 Å². The maximum absolute atomic E-state index is 11.6. The lowest BCUT2D eigenvalue weighted by molar-refractivity contribution is -0.129. The number of carbonyl (C=O) groups excluding carboxylic acids is 1. The Labute approximate surface area is 78.5 Å². The summed E-state index contributed by atoms with van der Waals surface area (Å²) in [5, 5.41) is 12.7. The Morgan fingerprint density at radius 1 is 1.46 bits per heavy atom. The second kappa shape index (κ2) is 3.39. The summed E-state index contributed by atoms with van der Waals surface area (Å²) in [6.07, 6.45) is 5.09. The molecule has 0 radical (unpaired) electrons. The van der Waals surface area contributed by atoms with Crippen molar-refractivity contribution in [2.45, 2.75) is 37.6 Å². The first-order valence-electron chi connectivity index (χ1n) is 5.17. The van der Waals surface area contributed by atoms with Crippen LogP contribution in [0.1, 0.15) is 32.1 Å². The maximum Gasteiger partial charge on any atom is 0.141 e. The summed E-state index contributed by atoms with van der Waals surface area (Å²) in [7, 11) is 0. The van der Waals surface area contributed by atoms with Crippen LogP contribution in [0.5, 0.6) is 0 Å². The van der Waals surface area contributed by atoms with Crippen LogP contribution in [0.15, 0.2) is 0 Å². The van der Waals surface area contributed by atoms with E-state index in [-0.39, 0.29) is 23.8 Å². The molecule has 0 bridgehead atoms. The highest BCUT2D eigenvalue weighted by molar-refractivity contribution is 5.83. The fraction of sp³-hybridized carbons (Fsp3) is 0.900. The highest BCUT2D eigenvalue weighted by atomic mass is 16.3. The number of ketones is 1. The van der Waals surface area contributed by atoms with Crippen molar-refractivity contribution >= 4 is 5.78 Å². The molecular formula is C10H17NO2. The summed E-state index contributed by atoms with van der Waals surface area (Å²) >= 11 is 0. The molecule has 0 aromatic carbocycles. The predicted molar refractivity (Wildman–Crippen MR) is 49.4 cm³/mol. The zero-order valence-electron chi connectivity index (χ0n) is 7.88. The van der Waals surface area contributed by atoms with Crippen molar-refractivity contribution in [3.05, 3.63) is 0 Å². The van der Waals surface area contributed by atoms with Crippen LogP contribution < -0.4 is 5.32 Å². The first-order chi connectivity index (χ1) is 6.28. The molecular weight excluding hydrogens is 166 g/mol. The van der Waals surface area contributed by atoms with Crippen LogP contribution in [-0.4, -0.2) is 29.6 Å². The van der Waals surface area contributed by atoms with Crippen molar-refractivity contribution in [3.8, 4) is 0 Å². The molecule has 2 N–H and O–H groups in total. The molecule has 1 atom stereocenters. The Bertz CT molecular complexity index is 209. The van der Waals surface area contributed by atoms with E-state index in [0.717, 1.165) is 19.4 Å². The number of Topliss-reactive ketones (excluding diaryl/α,β-unsaturated/α-hetero) is 1. The number of nitrogens with one attached hydrogen (secondary N) is 1. The standard InChI is InChI=1S/C10H17NO2/c12-7-8-9(13)3-6-11-10(8)4-1-2-5-10/h8,11-12H,1-7H2. The molecule has 2 rings (SSSR count). The van der Waals surface area contributed by atoms with Gasteiger partial charge in [0.05, 0.1) is 12.5 Å². The van der Waals surface area contributed by atoms with Crippen molar-refractivity contribution < 1.29 is 9.90 Å². The van der Waals surface area contributed by atoms with E-state index in [2.05, 4.69) is 5.32 Å². The molecule has 2 aliphatic rings. The van der Waals surface area contributed by atoms with Crippen LogP contribution in [0.2, 0.25) is 0 Å². The Morgan fingerprint density at radius 3 is 2.77 bits per heavy atom. The minimum absolute atomic E-state index is 0.0197. The first kappa shape index (κ1) is 9.16. The topological polar surface area (TPSA) is 49.3 Å². The van der Waals surface area contributed by atoms with Gasteiger partial charge in [0, 0.05) is 18.5 Å². The largest absolute Gasteiger partial charge is 0.396 e. The van der Waals surface area contributed by atoms with Gasteiger partial charge < -0.3 is 10.4 Å². The Hall–Kier alpha value is -0.410. The average molecular weight is 183 g/mol. The predicted octanol–water partition coefficient (Wildman–Crippen LogP) is 0.470. The van der Waals surface area contributed by atoms with E-state index < -0.39 is 0 Å². The third-order valence-electron chi connectivity index (χ3n) is 3.58. The van der Waals surface area contributed by atoms with Gasteiger partial charge in [0.1, 0.15) is 5.78 Å². The van der Waals surface area contributed by atoms with Gasteiger partial charge in [-0.25, -0.2) is 0 Å². The fourth-order valence-corrected chi connectivity index (χ4v) is 2.85. The third-order valence-corrected chi connectivity index (χ3v) is 3.58. The van der Waals surface area contributed by atoms with Crippen LogP contribution in [0, 0.1) is 5.92 Å². The molecule has 1 heterocycles. The minimum atomic E-state index is -0.135. The highest BCUT2D eigenvalue weighted by Gasteiger charge is 2.46. The van der Waals surface area contributed by atoms with Gasteiger partial charge in [-0.15, -0.1) is 0 Å². The number of rotatable bonds is 1. The summed E-state index contributed by atoms with van der Waals surface area (Å²) in [6, 6.07) is 0. The summed E-state index contributed by atoms with van der Waals surface area (Å²) in [6.45, 7) is 0.821. The average Bonchev–Trinajstić information content (AvgIpc) is 2.54. The number of hydrogen-bond donors (Lipinski definition) is 2. The SMILES string of the molecule is O=C1CCNC2(CCCC2)C1CO. The van der Waals surface area contributed by atoms with Gasteiger partial charge in [-0.3, -0.25) is 4.79 Å². The molecule has 0 aromatic rings. The number of piperidine rings is 1. The van der Waals surface area contributed by atoms with E-state index in [1.54, 1.807) is 0 Å². The second-order valence-electron chi connectivity index (χ2n) is 4.24. The monoisotopic (exact) mass is 183 g/mol. The van der Waals surface area contributed by atoms with Crippen LogP contribution in [0.4, 0.5) is 0 Å². The quantitative estimate of drug-likeness (QED) is 0.621. The lowest BCUT2D eigenvalue weighted by Gasteiger charge is -2.40. The Morgan fingerprint density at radius 2 is 2.15 bits per heavy atom. The number of aliphatic hydroxyl groups is 1. The molecule has 0 amide bonds. The van der Waals surface area contributed by atoms with Gasteiger partial charge in [-0.1, -0.05) is 12.8 Å². The summed E-state index contributed by atoms with van der Waals surface area (Å²) < 4.78 is 0. The molecule has 1 aliphatic carbocycles. The zero-order valence-corrected chi connectivity index (χ0v) is 7.88. The Kier molecular flexibility index (Phi) is 2.39. The zero-order chi connectivity index (χ0) is 9.31. The molecule has 1 spiro atoms. The molecule has 1 unspecified atom stereocenters. The van der Waals surface area contributed by atoms with Crippen molar-refractivity contribution in [1.82, 2.24) is 5.32 Å². The molecule has 0 aromatic heterocycles. The van der Waals surface area contributed by atoms with Crippen LogP contribution in [-0.2, 0) is 4.79 Å². The lowest BCUT2D eigenvalue weighted by Crippen LogP contribution is -2.57. The smallest absolute Gasteiger partial charge is 0.141 e. The summed E-state index contributed by atoms with van der Waals surface area (Å²) in [5.74, 6) is 0.118. The van der Waals surface area contributed by atoms with Gasteiger partial charge in [0.2, 0.25) is 0 Å². The van der Waals surface area contributed by atoms with Crippen LogP contribution in [0.25, 0.3) is 0 Å². The number of aliphatic hydroxyl groups excluding tert-OH is 1. The number of carbonyl (C=O) groups is 1. The minimum Gasteiger partial charge on any atom is -0.396 e. The van der Waals surface area contributed by atoms with E-state index in [9.17, 15) is 9.90 Å². The molecule has 3 nitrogen and oxygen atoms in total. The maximum atomic E-state index is 11.6. The molecule has 1 saturated carbocycles. The highest BCUT2D eigenvalue weighted by Crippen LogP contribution is 2.38. The van der Waals surface area contributed by atoms with E-state index >= 15 is 0 Å². The lowest BCUT2D eigenvalue weighted by atomic mass is 9.76. The van der Waals surface area contributed by atoms with Gasteiger partial charge in [0.25, 0.3) is 0 Å². The van der Waals surface area contributed by atoms with Crippen molar-refractivity contribution in [1.29, 1.82) is 0 Å². The van der Waals surface area contributed by atoms with Crippen LogP contribution in [0.3, 0.4) is 0 Å². The van der Waals surface area contributed by atoms with E-state index in [4.69, 9.17) is 0 Å². The molecule has 1 aliphatic heterocycles. The molecule has 1 saturated heterocycles. The molecule has 3 heteroatoms. The third kappa shape index (κ3) is 1.40. The number of hydrogen-bond acceptors (Lipinski definition) is 3. The molecule has 13 heavy (non-hydrogen) atoms. The van der Waals surface area contributed by atoms with E-state index in [1.807, 2.05) is 0 Å². The molecule has 74 valence electrons. The summed E-state index contributed by atoms with van der Waals surface area (Å²) in [5.41, 5.74) is -0.0376. The van der Waals surface area contributed by atoms with Crippen molar-refractivity contribution in [2.24, 2.45) is 5.92 Å². The first-order valence-corrected chi connectivity index (χ1v) is 5.17. The van der Waals surface area contributed by atoms with Gasteiger partial charge in [0.15, 0.2) is 0 Å².